The van der Waals surface area contributed by atoms with Crippen LogP contribution in [0.15, 0.2) is 42.7 Å². The van der Waals surface area contributed by atoms with E-state index in [1.54, 1.807) is 13.3 Å². The number of methoxy groups -OCH3 is 1. The van der Waals surface area contributed by atoms with Crippen molar-refractivity contribution in [3.63, 3.8) is 0 Å². The molecule has 22 heavy (non-hydrogen) atoms. The van der Waals surface area contributed by atoms with Crippen LogP contribution in [0.3, 0.4) is 0 Å². The number of carbonyl (C=O) groups is 1. The van der Waals surface area contributed by atoms with Gasteiger partial charge in [0.25, 0.3) is 5.91 Å². The third-order valence-electron chi connectivity index (χ3n) is 3.80. The Morgan fingerprint density at radius 2 is 2.18 bits per heavy atom. The molecule has 1 amide bonds. The highest BCUT2D eigenvalue weighted by atomic mass is 16.5. The number of H-pyrrole nitrogens is 1. The molecule has 2 aromatic heterocycles. The Morgan fingerprint density at radius 3 is 3.05 bits per heavy atom. The van der Waals surface area contributed by atoms with Gasteiger partial charge in [-0.1, -0.05) is 0 Å². The third-order valence-corrected chi connectivity index (χ3v) is 3.80. The number of aromatic nitrogens is 2. The maximum Gasteiger partial charge on any atom is 0.257 e. The number of rotatable bonds is 2. The highest BCUT2D eigenvalue weighted by molar-refractivity contribution is 6.34. The number of hydrogen-bond donors (Lipinski definition) is 2. The summed E-state index contributed by atoms with van der Waals surface area (Å²) in [5.74, 6) is 1.26. The van der Waals surface area contributed by atoms with Gasteiger partial charge in [-0.05, 0) is 36.4 Å². The number of hydrogen-bond acceptors (Lipinski definition) is 3. The summed E-state index contributed by atoms with van der Waals surface area (Å²) >= 11 is 0. The number of fused-ring (bicyclic) bond motifs is 2. The molecule has 1 aliphatic rings. The quantitative estimate of drug-likeness (QED) is 0.713. The van der Waals surface area contributed by atoms with E-state index in [-0.39, 0.29) is 5.91 Å². The molecule has 0 saturated carbocycles. The van der Waals surface area contributed by atoms with E-state index >= 15 is 0 Å². The summed E-state index contributed by atoms with van der Waals surface area (Å²) in [4.78, 5) is 19.5. The summed E-state index contributed by atoms with van der Waals surface area (Å²) in [5, 5.41) is 3.79. The Kier molecular flexibility index (Phi) is 2.72. The van der Waals surface area contributed by atoms with E-state index in [0.717, 1.165) is 27.8 Å². The Labute approximate surface area is 126 Å². The molecule has 0 bridgehead atoms. The van der Waals surface area contributed by atoms with E-state index in [2.05, 4.69) is 15.3 Å². The average Bonchev–Trinajstić information content (AvgIpc) is 3.09. The zero-order valence-corrected chi connectivity index (χ0v) is 11.9. The molecule has 108 valence electrons. The van der Waals surface area contributed by atoms with Crippen molar-refractivity contribution in [2.45, 2.75) is 0 Å². The lowest BCUT2D eigenvalue weighted by molar-refractivity contribution is -0.110. The van der Waals surface area contributed by atoms with Gasteiger partial charge in [0.15, 0.2) is 0 Å². The zero-order valence-electron chi connectivity index (χ0n) is 11.9. The number of ether oxygens (including phenoxy) is 1. The number of amides is 1. The second kappa shape index (κ2) is 4.73. The number of nitrogens with zero attached hydrogens (tertiary/aromatic N) is 1. The van der Waals surface area contributed by atoms with E-state index in [4.69, 9.17) is 4.74 Å². The molecule has 1 aliphatic heterocycles. The number of aromatic amines is 1. The third kappa shape index (κ3) is 1.87. The van der Waals surface area contributed by atoms with Crippen LogP contribution in [0.5, 0.6) is 5.75 Å². The normalized spacial score (nSPS) is 15.1. The minimum Gasteiger partial charge on any atom is -0.497 e. The molecule has 2 N–H and O–H groups in total. The van der Waals surface area contributed by atoms with E-state index in [0.29, 0.717) is 11.4 Å². The smallest absolute Gasteiger partial charge is 0.257 e. The van der Waals surface area contributed by atoms with Crippen LogP contribution in [-0.4, -0.2) is 23.0 Å². The van der Waals surface area contributed by atoms with Crippen molar-refractivity contribution < 1.29 is 9.53 Å². The van der Waals surface area contributed by atoms with Crippen molar-refractivity contribution in [1.82, 2.24) is 9.97 Å². The Balaban J connectivity index is 1.88. The molecule has 3 heterocycles. The van der Waals surface area contributed by atoms with Gasteiger partial charge in [0.2, 0.25) is 0 Å². The lowest BCUT2D eigenvalue weighted by atomic mass is 10.1. The number of carbonyl (C=O) groups excluding carboxylic acids is 1. The van der Waals surface area contributed by atoms with Gasteiger partial charge >= 0.3 is 0 Å². The summed E-state index contributed by atoms with van der Waals surface area (Å²) in [6.07, 6.45) is 5.43. The molecule has 0 spiro atoms. The lowest BCUT2D eigenvalue weighted by Gasteiger charge is -2.00. The van der Waals surface area contributed by atoms with Crippen molar-refractivity contribution in [2.24, 2.45) is 0 Å². The van der Waals surface area contributed by atoms with Crippen molar-refractivity contribution in [2.75, 3.05) is 12.4 Å². The van der Waals surface area contributed by atoms with Crippen LogP contribution >= 0.6 is 0 Å². The molecule has 0 radical (unpaired) electrons. The standard InChI is InChI=1S/C17H13N3O2/c1-22-11-4-5-15-13(8-11)10(9-19-15)7-14-12-3-2-6-18-16(12)20-17(14)21/h2-9,19H,1H3,(H,18,20,21). The number of benzene rings is 1. The second-order valence-corrected chi connectivity index (χ2v) is 5.07. The minimum absolute atomic E-state index is 0.133. The Hall–Kier alpha value is -3.08. The van der Waals surface area contributed by atoms with E-state index in [1.165, 1.54) is 0 Å². The summed E-state index contributed by atoms with van der Waals surface area (Å²) in [6, 6.07) is 9.53. The van der Waals surface area contributed by atoms with Crippen LogP contribution in [0.1, 0.15) is 11.1 Å². The molecular weight excluding hydrogens is 278 g/mol. The van der Waals surface area contributed by atoms with Crippen LogP contribution in [0.2, 0.25) is 0 Å². The first kappa shape index (κ1) is 12.6. The lowest BCUT2D eigenvalue weighted by Crippen LogP contribution is -2.04. The molecule has 5 nitrogen and oxygen atoms in total. The van der Waals surface area contributed by atoms with Crippen LogP contribution in [0.25, 0.3) is 22.6 Å². The molecule has 0 saturated heterocycles. The van der Waals surface area contributed by atoms with Gasteiger partial charge in [-0.3, -0.25) is 4.79 Å². The van der Waals surface area contributed by atoms with Crippen LogP contribution in [0, 0.1) is 0 Å². The van der Waals surface area contributed by atoms with Crippen molar-refractivity contribution in [3.8, 4) is 5.75 Å². The van der Waals surface area contributed by atoms with E-state index in [1.807, 2.05) is 42.6 Å². The molecule has 5 heteroatoms. The summed E-state index contributed by atoms with van der Waals surface area (Å²) in [7, 11) is 1.64. The fraction of sp³-hybridized carbons (Fsp3) is 0.0588. The van der Waals surface area contributed by atoms with Crippen LogP contribution < -0.4 is 10.1 Å². The zero-order chi connectivity index (χ0) is 15.1. The Morgan fingerprint density at radius 1 is 1.27 bits per heavy atom. The monoisotopic (exact) mass is 291 g/mol. The number of pyridine rings is 1. The van der Waals surface area contributed by atoms with Gasteiger partial charge < -0.3 is 15.0 Å². The van der Waals surface area contributed by atoms with E-state index in [9.17, 15) is 4.79 Å². The van der Waals surface area contributed by atoms with E-state index < -0.39 is 0 Å². The van der Waals surface area contributed by atoms with Crippen LogP contribution in [-0.2, 0) is 4.79 Å². The van der Waals surface area contributed by atoms with Crippen molar-refractivity contribution in [1.29, 1.82) is 0 Å². The van der Waals surface area contributed by atoms with Gasteiger partial charge in [-0.25, -0.2) is 4.98 Å². The minimum atomic E-state index is -0.133. The fourth-order valence-corrected chi connectivity index (χ4v) is 2.69. The summed E-state index contributed by atoms with van der Waals surface area (Å²) < 4.78 is 5.27. The molecule has 0 unspecified atom stereocenters. The summed E-state index contributed by atoms with van der Waals surface area (Å²) in [6.45, 7) is 0. The van der Waals surface area contributed by atoms with Gasteiger partial charge in [-0.2, -0.15) is 0 Å². The predicted octanol–water partition coefficient (Wildman–Crippen LogP) is 3.06. The van der Waals surface area contributed by atoms with Gasteiger partial charge in [0.05, 0.1) is 12.7 Å². The predicted molar refractivity (Wildman–Crippen MR) is 85.6 cm³/mol. The first-order valence-corrected chi connectivity index (χ1v) is 6.90. The molecule has 4 rings (SSSR count). The summed E-state index contributed by atoms with van der Waals surface area (Å²) in [5.41, 5.74) is 3.38. The van der Waals surface area contributed by atoms with Crippen molar-refractivity contribution in [3.05, 3.63) is 53.9 Å². The highest BCUT2D eigenvalue weighted by Crippen LogP contribution is 2.33. The average molecular weight is 291 g/mol. The topological polar surface area (TPSA) is 67.0 Å². The first-order valence-electron chi connectivity index (χ1n) is 6.90. The maximum atomic E-state index is 12.2. The molecule has 0 aliphatic carbocycles. The molecular formula is C17H13N3O2. The number of nitrogens with one attached hydrogen (secondary N) is 2. The number of anilines is 1. The van der Waals surface area contributed by atoms with Gasteiger partial charge in [0, 0.05) is 34.4 Å². The second-order valence-electron chi connectivity index (χ2n) is 5.07. The van der Waals surface area contributed by atoms with Gasteiger partial charge in [-0.15, -0.1) is 0 Å². The fourth-order valence-electron chi connectivity index (χ4n) is 2.69. The molecule has 1 aromatic carbocycles. The SMILES string of the molecule is COc1ccc2[nH]cc(C=C3C(=O)Nc4ncccc43)c2c1. The molecule has 0 fully saturated rings. The molecule has 3 aromatic rings. The van der Waals surface area contributed by atoms with Gasteiger partial charge in [0.1, 0.15) is 11.6 Å². The highest BCUT2D eigenvalue weighted by Gasteiger charge is 2.24. The van der Waals surface area contributed by atoms with Crippen LogP contribution in [0.4, 0.5) is 5.82 Å². The largest absolute Gasteiger partial charge is 0.497 e. The molecule has 0 atom stereocenters. The Bertz CT molecular complexity index is 925. The first-order chi connectivity index (χ1) is 10.8. The maximum absolute atomic E-state index is 12.2. The van der Waals surface area contributed by atoms with Crippen molar-refractivity contribution >= 4 is 34.3 Å².